The first-order valence-corrected chi connectivity index (χ1v) is 10.9. The number of nitriles is 1. The number of nitro benzene ring substituents is 1. The number of hydrogen-bond acceptors (Lipinski definition) is 6. The summed E-state index contributed by atoms with van der Waals surface area (Å²) in [5.74, 6) is 0.807. The second-order valence-electron chi connectivity index (χ2n) is 7.84. The third-order valence-electron chi connectivity index (χ3n) is 5.37. The van der Waals surface area contributed by atoms with E-state index in [0.717, 1.165) is 5.56 Å². The van der Waals surface area contributed by atoms with E-state index in [1.54, 1.807) is 36.4 Å². The van der Waals surface area contributed by atoms with Crippen molar-refractivity contribution in [2.45, 2.75) is 13.0 Å². The number of halogens is 1. The van der Waals surface area contributed by atoms with Gasteiger partial charge in [0.1, 0.15) is 24.3 Å². The fraction of sp³-hybridized carbons (Fsp3) is 0.111. The first-order valence-electron chi connectivity index (χ1n) is 10.9. The highest BCUT2D eigenvalue weighted by atomic mass is 19.1. The first kappa shape index (κ1) is 24.2. The molecule has 1 heterocycles. The summed E-state index contributed by atoms with van der Waals surface area (Å²) in [6, 6.07) is 16.1. The second kappa shape index (κ2) is 10.5. The molecule has 0 bridgehead atoms. The third-order valence-corrected chi connectivity index (χ3v) is 5.37. The molecular formula is C27H21FN4O4. The molecule has 1 N–H and O–H groups in total. The van der Waals surface area contributed by atoms with Crippen LogP contribution in [0.1, 0.15) is 22.5 Å². The Balaban J connectivity index is 1.69. The fourth-order valence-electron chi connectivity index (χ4n) is 3.73. The van der Waals surface area contributed by atoms with Crippen LogP contribution >= 0.6 is 0 Å². The predicted molar refractivity (Wildman–Crippen MR) is 134 cm³/mol. The number of rotatable bonds is 9. The van der Waals surface area contributed by atoms with Crippen LogP contribution in [0.2, 0.25) is 0 Å². The Morgan fingerprint density at radius 3 is 2.83 bits per heavy atom. The van der Waals surface area contributed by atoms with E-state index in [2.05, 4.69) is 22.6 Å². The Kier molecular flexibility index (Phi) is 7.07. The van der Waals surface area contributed by atoms with Gasteiger partial charge in [-0.15, -0.1) is 6.58 Å². The van der Waals surface area contributed by atoms with Gasteiger partial charge in [-0.1, -0.05) is 18.2 Å². The van der Waals surface area contributed by atoms with Gasteiger partial charge in [-0.3, -0.25) is 10.1 Å². The van der Waals surface area contributed by atoms with Gasteiger partial charge in [0.2, 0.25) is 0 Å². The molecule has 0 aliphatic heterocycles. The fourth-order valence-corrected chi connectivity index (χ4v) is 3.73. The number of ether oxygens (including phenoxy) is 2. The number of nitrogens with one attached hydrogen (secondary N) is 1. The number of benzene rings is 3. The summed E-state index contributed by atoms with van der Waals surface area (Å²) >= 11 is 0. The average Bonchev–Trinajstić information content (AvgIpc) is 3.29. The lowest BCUT2D eigenvalue weighted by Gasteiger charge is -2.16. The van der Waals surface area contributed by atoms with E-state index >= 15 is 0 Å². The van der Waals surface area contributed by atoms with Crippen LogP contribution in [0, 0.1) is 27.3 Å². The Hall–Kier alpha value is -4.97. The van der Waals surface area contributed by atoms with E-state index in [0.29, 0.717) is 45.9 Å². The summed E-state index contributed by atoms with van der Waals surface area (Å²) in [5.41, 5.74) is 3.31. The van der Waals surface area contributed by atoms with Crippen molar-refractivity contribution in [3.8, 4) is 17.6 Å². The van der Waals surface area contributed by atoms with Gasteiger partial charge >= 0.3 is 0 Å². The maximum Gasteiger partial charge on any atom is 0.269 e. The van der Waals surface area contributed by atoms with E-state index in [1.807, 2.05) is 6.07 Å². The summed E-state index contributed by atoms with van der Waals surface area (Å²) in [5, 5.41) is 20.8. The minimum atomic E-state index is -0.459. The SMILES string of the molecule is C=CCc1cc(/C=C(/C#N)c2nc3ccc(F)cc3[nH]2)cc(OC)c1OCc1cccc([N+](=O)[O-])c1. The van der Waals surface area contributed by atoms with Gasteiger partial charge in [0.05, 0.1) is 28.6 Å². The molecule has 0 amide bonds. The Morgan fingerprint density at radius 1 is 1.28 bits per heavy atom. The maximum atomic E-state index is 13.5. The number of aromatic amines is 1. The molecule has 9 heteroatoms. The number of nitro groups is 1. The van der Waals surface area contributed by atoms with Crippen molar-refractivity contribution >= 4 is 28.4 Å². The van der Waals surface area contributed by atoms with E-state index in [9.17, 15) is 19.8 Å². The van der Waals surface area contributed by atoms with Crippen LogP contribution in [0.4, 0.5) is 10.1 Å². The van der Waals surface area contributed by atoms with E-state index in [-0.39, 0.29) is 17.9 Å². The number of methoxy groups -OCH3 is 1. The Morgan fingerprint density at radius 2 is 2.11 bits per heavy atom. The molecule has 180 valence electrons. The highest BCUT2D eigenvalue weighted by Gasteiger charge is 2.15. The molecule has 3 aromatic carbocycles. The highest BCUT2D eigenvalue weighted by molar-refractivity contribution is 5.90. The molecular weight excluding hydrogens is 463 g/mol. The minimum absolute atomic E-state index is 0.0211. The number of H-pyrrole nitrogens is 1. The second-order valence-corrected chi connectivity index (χ2v) is 7.84. The van der Waals surface area contributed by atoms with Crippen molar-refractivity contribution in [2.75, 3.05) is 7.11 Å². The smallest absolute Gasteiger partial charge is 0.269 e. The van der Waals surface area contributed by atoms with Gasteiger partial charge < -0.3 is 14.5 Å². The van der Waals surface area contributed by atoms with Crippen molar-refractivity contribution in [2.24, 2.45) is 0 Å². The number of allylic oxidation sites excluding steroid dienone is 2. The predicted octanol–water partition coefficient (Wildman–Crippen LogP) is 5.99. The number of aromatic nitrogens is 2. The standard InChI is InChI=1S/C27H21FN4O4/c1-3-5-19-10-18(11-20(15-29)27-30-23-9-8-21(28)14-24(23)31-27)13-25(35-2)26(19)36-16-17-6-4-7-22(12-17)32(33)34/h3-4,6-14H,1,5,16H2,2H3,(H,30,31)/b20-11-. The molecule has 0 saturated carbocycles. The van der Waals surface area contributed by atoms with Crippen molar-refractivity contribution in [1.82, 2.24) is 9.97 Å². The summed E-state index contributed by atoms with van der Waals surface area (Å²) in [4.78, 5) is 18.0. The molecule has 1 aromatic heterocycles. The summed E-state index contributed by atoms with van der Waals surface area (Å²) in [6.07, 6.45) is 3.81. The van der Waals surface area contributed by atoms with E-state index < -0.39 is 10.7 Å². The molecule has 36 heavy (non-hydrogen) atoms. The van der Waals surface area contributed by atoms with Gasteiger partial charge in [-0.05, 0) is 54.0 Å². The molecule has 4 aromatic rings. The summed E-state index contributed by atoms with van der Waals surface area (Å²) in [6.45, 7) is 3.90. The normalized spacial score (nSPS) is 11.2. The van der Waals surface area contributed by atoms with Gasteiger partial charge in [-0.25, -0.2) is 9.37 Å². The van der Waals surface area contributed by atoms with Gasteiger partial charge in [0, 0.05) is 17.7 Å². The molecule has 0 aliphatic rings. The van der Waals surface area contributed by atoms with Crippen molar-refractivity contribution in [3.05, 3.63) is 106 Å². The Labute approximate surface area is 206 Å². The minimum Gasteiger partial charge on any atom is -0.493 e. The highest BCUT2D eigenvalue weighted by Crippen LogP contribution is 2.35. The number of non-ortho nitro benzene ring substituents is 1. The molecule has 4 rings (SSSR count). The molecule has 0 saturated heterocycles. The molecule has 0 atom stereocenters. The average molecular weight is 484 g/mol. The van der Waals surface area contributed by atoms with Crippen molar-refractivity contribution in [1.29, 1.82) is 5.26 Å². The first-order chi connectivity index (χ1) is 17.4. The molecule has 0 fully saturated rings. The quantitative estimate of drug-likeness (QED) is 0.135. The topological polar surface area (TPSA) is 114 Å². The van der Waals surface area contributed by atoms with E-state index in [4.69, 9.17) is 9.47 Å². The van der Waals surface area contributed by atoms with Crippen molar-refractivity contribution < 1.29 is 18.8 Å². The lowest BCUT2D eigenvalue weighted by Crippen LogP contribution is -2.02. The molecule has 0 aliphatic carbocycles. The van der Waals surface area contributed by atoms with Gasteiger partial charge in [0.15, 0.2) is 11.5 Å². The number of nitrogens with zero attached hydrogens (tertiary/aromatic N) is 3. The third kappa shape index (κ3) is 5.23. The van der Waals surface area contributed by atoms with Crippen LogP contribution in [0.3, 0.4) is 0 Å². The summed E-state index contributed by atoms with van der Waals surface area (Å²) in [7, 11) is 1.50. The molecule has 0 unspecified atom stereocenters. The van der Waals surface area contributed by atoms with Crippen LogP contribution in [-0.2, 0) is 13.0 Å². The molecule has 0 radical (unpaired) electrons. The van der Waals surface area contributed by atoms with Crippen LogP contribution in [-0.4, -0.2) is 22.0 Å². The number of hydrogen-bond donors (Lipinski definition) is 1. The molecule has 0 spiro atoms. The lowest BCUT2D eigenvalue weighted by molar-refractivity contribution is -0.384. The van der Waals surface area contributed by atoms with Crippen molar-refractivity contribution in [3.63, 3.8) is 0 Å². The van der Waals surface area contributed by atoms with Gasteiger partial charge in [0.25, 0.3) is 5.69 Å². The number of imidazole rings is 1. The largest absolute Gasteiger partial charge is 0.493 e. The molecule has 8 nitrogen and oxygen atoms in total. The van der Waals surface area contributed by atoms with Gasteiger partial charge in [-0.2, -0.15) is 5.26 Å². The van der Waals surface area contributed by atoms with Crippen LogP contribution < -0.4 is 9.47 Å². The zero-order chi connectivity index (χ0) is 25.7. The number of fused-ring (bicyclic) bond motifs is 1. The van der Waals surface area contributed by atoms with E-state index in [1.165, 1.54) is 31.4 Å². The zero-order valence-corrected chi connectivity index (χ0v) is 19.3. The van der Waals surface area contributed by atoms with Crippen LogP contribution in [0.5, 0.6) is 11.5 Å². The zero-order valence-electron chi connectivity index (χ0n) is 19.3. The maximum absolute atomic E-state index is 13.5. The summed E-state index contributed by atoms with van der Waals surface area (Å²) < 4.78 is 25.1. The van der Waals surface area contributed by atoms with Crippen LogP contribution in [0.25, 0.3) is 22.7 Å². The monoisotopic (exact) mass is 484 g/mol. The Bertz CT molecular complexity index is 1530. The lowest BCUT2D eigenvalue weighted by atomic mass is 10.0. The van der Waals surface area contributed by atoms with Crippen LogP contribution in [0.15, 0.2) is 67.3 Å².